The Morgan fingerprint density at radius 1 is 0.238 bits per heavy atom. The van der Waals surface area contributed by atoms with Gasteiger partial charge >= 0.3 is 39.5 Å². The molecule has 0 bridgehead atoms. The first-order chi connectivity index (χ1) is 49.2. The minimum Gasteiger partial charge on any atom is -0.462 e. The van der Waals surface area contributed by atoms with Crippen molar-refractivity contribution in [2.24, 2.45) is 0 Å². The van der Waals surface area contributed by atoms with Crippen LogP contribution < -0.4 is 0 Å². The van der Waals surface area contributed by atoms with Gasteiger partial charge in [-0.1, -0.05) is 394 Å². The van der Waals surface area contributed by atoms with E-state index in [-0.39, 0.29) is 25.7 Å². The van der Waals surface area contributed by atoms with Crippen molar-refractivity contribution in [2.45, 2.75) is 463 Å². The Kier molecular flexibility index (Phi) is 74.8. The lowest BCUT2D eigenvalue weighted by atomic mass is 10.0. The third-order valence-corrected chi connectivity index (χ3v) is 21.3. The summed E-state index contributed by atoms with van der Waals surface area (Å²) in [6.07, 6.45) is 70.0. The van der Waals surface area contributed by atoms with Gasteiger partial charge < -0.3 is 33.8 Å². The molecule has 2 unspecified atom stereocenters. The number of phosphoric ester groups is 2. The van der Waals surface area contributed by atoms with E-state index in [0.717, 1.165) is 96.3 Å². The normalized spacial score (nSPS) is 13.8. The molecule has 0 aliphatic heterocycles. The lowest BCUT2D eigenvalue weighted by Gasteiger charge is -2.21. The minimum absolute atomic E-state index is 0.108. The van der Waals surface area contributed by atoms with E-state index in [1.54, 1.807) is 0 Å². The van der Waals surface area contributed by atoms with Gasteiger partial charge in [-0.3, -0.25) is 37.3 Å². The molecule has 19 heteroatoms. The molecule has 0 spiro atoms. The van der Waals surface area contributed by atoms with E-state index in [0.29, 0.717) is 25.7 Å². The van der Waals surface area contributed by atoms with Crippen molar-refractivity contribution >= 4 is 39.5 Å². The van der Waals surface area contributed by atoms with E-state index in [9.17, 15) is 43.2 Å². The molecule has 600 valence electrons. The number of ether oxygens (including phenoxy) is 4. The van der Waals surface area contributed by atoms with Crippen LogP contribution in [0.3, 0.4) is 0 Å². The smallest absolute Gasteiger partial charge is 0.462 e. The van der Waals surface area contributed by atoms with E-state index < -0.39 is 97.5 Å². The Balaban J connectivity index is 5.11. The van der Waals surface area contributed by atoms with Crippen molar-refractivity contribution in [1.29, 1.82) is 0 Å². The summed E-state index contributed by atoms with van der Waals surface area (Å²) >= 11 is 0. The molecule has 101 heavy (non-hydrogen) atoms. The highest BCUT2D eigenvalue weighted by molar-refractivity contribution is 7.47. The van der Waals surface area contributed by atoms with E-state index in [2.05, 4.69) is 27.7 Å². The zero-order chi connectivity index (χ0) is 73.9. The molecule has 0 aromatic rings. The van der Waals surface area contributed by atoms with Crippen LogP contribution >= 0.6 is 15.6 Å². The van der Waals surface area contributed by atoms with Crippen LogP contribution in [-0.2, 0) is 65.4 Å². The molecule has 0 aliphatic rings. The highest BCUT2D eigenvalue weighted by Crippen LogP contribution is 2.45. The monoisotopic (exact) mass is 1480 g/mol. The number of esters is 4. The van der Waals surface area contributed by atoms with E-state index in [1.165, 1.54) is 270 Å². The lowest BCUT2D eigenvalue weighted by molar-refractivity contribution is -0.161. The average Bonchev–Trinajstić information content (AvgIpc) is 1.59. The summed E-state index contributed by atoms with van der Waals surface area (Å²) < 4.78 is 68.5. The maximum absolute atomic E-state index is 13.1. The lowest BCUT2D eigenvalue weighted by Crippen LogP contribution is -2.30. The second-order valence-electron chi connectivity index (χ2n) is 29.5. The van der Waals surface area contributed by atoms with Crippen molar-refractivity contribution in [3.8, 4) is 0 Å². The SMILES string of the molecule is CCCCCCCCCCCCCCCCCCCCCCC(=O)OC[C@H](COP(=O)(O)OC[C@@H](O)COP(=O)(O)OC[C@@H](COC(=O)CCCCCCC)OC(=O)CCCCCCCCCCCCCCCCCC)OC(=O)CCCCCCCCCCCCCCCCCCCCCC. The molecule has 0 saturated heterocycles. The largest absolute Gasteiger partial charge is 0.472 e. The number of unbranched alkanes of at least 4 members (excludes halogenated alkanes) is 57. The summed E-state index contributed by atoms with van der Waals surface area (Å²) in [5.41, 5.74) is 0. The number of hydrogen-bond acceptors (Lipinski definition) is 15. The van der Waals surface area contributed by atoms with Gasteiger partial charge in [-0.25, -0.2) is 9.13 Å². The van der Waals surface area contributed by atoms with Crippen molar-refractivity contribution in [3.05, 3.63) is 0 Å². The van der Waals surface area contributed by atoms with Gasteiger partial charge in [0.15, 0.2) is 12.2 Å². The maximum Gasteiger partial charge on any atom is 0.472 e. The Morgan fingerprint density at radius 3 is 0.584 bits per heavy atom. The first kappa shape index (κ1) is 99.1. The van der Waals surface area contributed by atoms with Crippen LogP contribution in [0.5, 0.6) is 0 Å². The van der Waals surface area contributed by atoms with Gasteiger partial charge in [0, 0.05) is 25.7 Å². The fourth-order valence-electron chi connectivity index (χ4n) is 12.8. The van der Waals surface area contributed by atoms with Crippen LogP contribution in [-0.4, -0.2) is 96.7 Å². The predicted octanol–water partition coefficient (Wildman–Crippen LogP) is 25.0. The third kappa shape index (κ3) is 76.1. The van der Waals surface area contributed by atoms with Crippen molar-refractivity contribution in [1.82, 2.24) is 0 Å². The highest BCUT2D eigenvalue weighted by Gasteiger charge is 2.30. The molecular formula is C82H160O17P2. The quantitative estimate of drug-likeness (QED) is 0.0222. The Morgan fingerprint density at radius 2 is 0.396 bits per heavy atom. The van der Waals surface area contributed by atoms with Crippen LogP contribution in [0.25, 0.3) is 0 Å². The number of rotatable bonds is 83. The van der Waals surface area contributed by atoms with Gasteiger partial charge in [-0.05, 0) is 25.7 Å². The number of hydrogen-bond donors (Lipinski definition) is 3. The van der Waals surface area contributed by atoms with Gasteiger partial charge in [0.05, 0.1) is 26.4 Å². The predicted molar refractivity (Wildman–Crippen MR) is 414 cm³/mol. The molecular weight excluding hydrogens is 1320 g/mol. The van der Waals surface area contributed by atoms with Gasteiger partial charge in [0.25, 0.3) is 0 Å². The van der Waals surface area contributed by atoms with Gasteiger partial charge in [-0.15, -0.1) is 0 Å². The van der Waals surface area contributed by atoms with Crippen LogP contribution in [0.4, 0.5) is 0 Å². The van der Waals surface area contributed by atoms with E-state index >= 15 is 0 Å². The first-order valence-corrected chi connectivity index (χ1v) is 45.8. The molecule has 0 fully saturated rings. The number of aliphatic hydroxyl groups excluding tert-OH is 1. The molecule has 17 nitrogen and oxygen atoms in total. The fraction of sp³-hybridized carbons (Fsp3) is 0.951. The maximum atomic E-state index is 13.1. The Hall–Kier alpha value is -1.94. The number of carbonyl (C=O) groups excluding carboxylic acids is 4. The van der Waals surface area contributed by atoms with Crippen LogP contribution in [0.15, 0.2) is 0 Å². The first-order valence-electron chi connectivity index (χ1n) is 42.8. The van der Waals surface area contributed by atoms with Crippen LogP contribution in [0, 0.1) is 0 Å². The van der Waals surface area contributed by atoms with Gasteiger partial charge in [-0.2, -0.15) is 0 Å². The fourth-order valence-corrected chi connectivity index (χ4v) is 14.4. The highest BCUT2D eigenvalue weighted by atomic mass is 31.2. The molecule has 0 heterocycles. The Bertz CT molecular complexity index is 1910. The van der Waals surface area contributed by atoms with Crippen LogP contribution in [0.1, 0.15) is 445 Å². The zero-order valence-electron chi connectivity index (χ0n) is 65.9. The third-order valence-electron chi connectivity index (χ3n) is 19.4. The number of aliphatic hydroxyl groups is 1. The standard InChI is InChI=1S/C82H160O17P2/c1-5-9-13-17-20-23-26-29-32-35-37-39-41-44-46-49-52-55-59-63-67-80(85)93-73-78(99-82(87)69-65-61-57-54-51-48-45-42-40-38-36-33-30-27-24-21-18-14-10-6-2)75-97-101(90,91)95-71-76(83)70-94-100(88,89)96-74-77(72-92-79(84)66-62-58-16-12-8-4)98-81(86)68-64-60-56-53-50-47-43-34-31-28-25-22-19-15-11-7-3/h76-78,83H,5-75H2,1-4H3,(H,88,89)(H,90,91)/t76-,77+,78+/m0/s1. The summed E-state index contributed by atoms with van der Waals surface area (Å²) in [6, 6.07) is 0. The molecule has 0 radical (unpaired) electrons. The number of phosphoric acid groups is 2. The molecule has 0 aromatic carbocycles. The molecule has 0 amide bonds. The molecule has 3 N–H and O–H groups in total. The Labute approximate surface area is 619 Å². The van der Waals surface area contributed by atoms with Gasteiger partial charge in [0.1, 0.15) is 19.3 Å². The van der Waals surface area contributed by atoms with Crippen LogP contribution in [0.2, 0.25) is 0 Å². The van der Waals surface area contributed by atoms with Gasteiger partial charge in [0.2, 0.25) is 0 Å². The molecule has 0 aromatic heterocycles. The van der Waals surface area contributed by atoms with Crippen molar-refractivity contribution in [2.75, 3.05) is 39.6 Å². The summed E-state index contributed by atoms with van der Waals surface area (Å²) in [4.78, 5) is 72.8. The van der Waals surface area contributed by atoms with Crippen molar-refractivity contribution < 1.29 is 80.2 Å². The van der Waals surface area contributed by atoms with E-state index in [1.807, 2.05) is 0 Å². The molecule has 0 saturated carbocycles. The summed E-state index contributed by atoms with van der Waals surface area (Å²) in [7, 11) is -9.91. The second kappa shape index (κ2) is 76.3. The molecule has 5 atom stereocenters. The number of carbonyl (C=O) groups is 4. The summed E-state index contributed by atoms with van der Waals surface area (Å²) in [5.74, 6) is -2.12. The summed E-state index contributed by atoms with van der Waals surface area (Å²) in [6.45, 7) is 4.94. The van der Waals surface area contributed by atoms with E-state index in [4.69, 9.17) is 37.0 Å². The zero-order valence-corrected chi connectivity index (χ0v) is 67.7. The average molecular weight is 1480 g/mol. The summed E-state index contributed by atoms with van der Waals surface area (Å²) in [5, 5.41) is 10.6. The second-order valence-corrected chi connectivity index (χ2v) is 32.4. The minimum atomic E-state index is -4.96. The molecule has 0 rings (SSSR count). The van der Waals surface area contributed by atoms with Crippen molar-refractivity contribution in [3.63, 3.8) is 0 Å². The molecule has 0 aliphatic carbocycles. The topological polar surface area (TPSA) is 237 Å².